The van der Waals surface area contributed by atoms with Gasteiger partial charge < -0.3 is 10.0 Å². The standard InChI is InChI=1S/C14H18ClNO2/c1-10-4-5-12(13(15)7-10)14(18)16-6-2-3-11(8-16)9-17/h4-5,7,11,17H,2-3,6,8-9H2,1H3. The number of carbonyl (C=O) groups excluding carboxylic acids is 1. The van der Waals surface area contributed by atoms with Crippen LogP contribution in [0, 0.1) is 12.8 Å². The van der Waals surface area contributed by atoms with Crippen LogP contribution in [0.4, 0.5) is 0 Å². The Balaban J connectivity index is 2.15. The van der Waals surface area contributed by atoms with Crippen LogP contribution >= 0.6 is 11.6 Å². The van der Waals surface area contributed by atoms with Crippen LogP contribution in [0.1, 0.15) is 28.8 Å². The number of halogens is 1. The summed E-state index contributed by atoms with van der Waals surface area (Å²) in [4.78, 5) is 14.1. The Kier molecular flexibility index (Phi) is 4.25. The lowest BCUT2D eigenvalue weighted by Gasteiger charge is -2.32. The quantitative estimate of drug-likeness (QED) is 0.894. The van der Waals surface area contributed by atoms with E-state index < -0.39 is 0 Å². The second kappa shape index (κ2) is 5.72. The highest BCUT2D eigenvalue weighted by Crippen LogP contribution is 2.23. The van der Waals surface area contributed by atoms with E-state index in [1.54, 1.807) is 11.0 Å². The number of rotatable bonds is 2. The van der Waals surface area contributed by atoms with Crippen LogP contribution < -0.4 is 0 Å². The van der Waals surface area contributed by atoms with Gasteiger partial charge in [-0.25, -0.2) is 0 Å². The molecule has 1 atom stereocenters. The number of amides is 1. The molecule has 3 nitrogen and oxygen atoms in total. The summed E-state index contributed by atoms with van der Waals surface area (Å²) in [6.07, 6.45) is 1.93. The number of aliphatic hydroxyl groups is 1. The molecule has 98 valence electrons. The van der Waals surface area contributed by atoms with Crippen molar-refractivity contribution in [1.29, 1.82) is 0 Å². The molecule has 1 aliphatic heterocycles. The van der Waals surface area contributed by atoms with E-state index in [1.165, 1.54) is 0 Å². The van der Waals surface area contributed by atoms with E-state index in [1.807, 2.05) is 19.1 Å². The number of hydrogen-bond donors (Lipinski definition) is 1. The molecule has 1 N–H and O–H groups in total. The first-order chi connectivity index (χ1) is 8.61. The minimum atomic E-state index is -0.0295. The first-order valence-corrected chi connectivity index (χ1v) is 6.66. The summed E-state index contributed by atoms with van der Waals surface area (Å²) in [7, 11) is 0. The number of nitrogens with zero attached hydrogens (tertiary/aromatic N) is 1. The molecule has 1 aromatic carbocycles. The van der Waals surface area contributed by atoms with Crippen molar-refractivity contribution in [3.8, 4) is 0 Å². The predicted octanol–water partition coefficient (Wildman–Crippen LogP) is 2.49. The third kappa shape index (κ3) is 2.85. The van der Waals surface area contributed by atoms with Crippen LogP contribution in [-0.2, 0) is 0 Å². The summed E-state index contributed by atoms with van der Waals surface area (Å²) in [6.45, 7) is 3.47. The average molecular weight is 268 g/mol. The monoisotopic (exact) mass is 267 g/mol. The molecule has 1 heterocycles. The predicted molar refractivity (Wildman–Crippen MR) is 71.9 cm³/mol. The smallest absolute Gasteiger partial charge is 0.255 e. The van der Waals surface area contributed by atoms with Crippen molar-refractivity contribution >= 4 is 17.5 Å². The van der Waals surface area contributed by atoms with Gasteiger partial charge in [-0.3, -0.25) is 4.79 Å². The molecule has 2 rings (SSSR count). The highest BCUT2D eigenvalue weighted by atomic mass is 35.5. The highest BCUT2D eigenvalue weighted by Gasteiger charge is 2.25. The third-order valence-corrected chi connectivity index (χ3v) is 3.73. The van der Waals surface area contributed by atoms with Crippen molar-refractivity contribution in [2.45, 2.75) is 19.8 Å². The fourth-order valence-corrected chi connectivity index (χ4v) is 2.68. The van der Waals surface area contributed by atoms with Crippen molar-refractivity contribution in [2.24, 2.45) is 5.92 Å². The van der Waals surface area contributed by atoms with Gasteiger partial charge in [-0.05, 0) is 43.4 Å². The Hall–Kier alpha value is -1.06. The highest BCUT2D eigenvalue weighted by molar-refractivity contribution is 6.33. The second-order valence-corrected chi connectivity index (χ2v) is 5.33. The van der Waals surface area contributed by atoms with Crippen LogP contribution in [0.3, 0.4) is 0 Å². The molecule has 1 saturated heterocycles. The fourth-order valence-electron chi connectivity index (χ4n) is 2.36. The molecule has 0 saturated carbocycles. The van der Waals surface area contributed by atoms with Crippen LogP contribution in [0.2, 0.25) is 5.02 Å². The molecule has 18 heavy (non-hydrogen) atoms. The molecular weight excluding hydrogens is 250 g/mol. The minimum Gasteiger partial charge on any atom is -0.396 e. The van der Waals surface area contributed by atoms with Crippen LogP contribution in [0.25, 0.3) is 0 Å². The normalized spacial score (nSPS) is 19.9. The number of benzene rings is 1. The Bertz CT molecular complexity index is 447. The number of aryl methyl sites for hydroxylation is 1. The molecule has 4 heteroatoms. The molecular formula is C14H18ClNO2. The molecule has 0 radical (unpaired) electrons. The van der Waals surface area contributed by atoms with Crippen molar-refractivity contribution in [2.75, 3.05) is 19.7 Å². The largest absolute Gasteiger partial charge is 0.396 e. The van der Waals surface area contributed by atoms with Gasteiger partial charge >= 0.3 is 0 Å². The van der Waals surface area contributed by atoms with Crippen LogP contribution in [-0.4, -0.2) is 35.6 Å². The number of carbonyl (C=O) groups is 1. The van der Waals surface area contributed by atoms with Gasteiger partial charge in [0, 0.05) is 19.7 Å². The van der Waals surface area contributed by atoms with Crippen molar-refractivity contribution in [1.82, 2.24) is 4.90 Å². The zero-order valence-corrected chi connectivity index (χ0v) is 11.3. The molecule has 0 aromatic heterocycles. The lowest BCUT2D eigenvalue weighted by atomic mass is 9.98. The SMILES string of the molecule is Cc1ccc(C(=O)N2CCCC(CO)C2)c(Cl)c1. The van der Waals surface area contributed by atoms with Gasteiger partial charge in [-0.1, -0.05) is 17.7 Å². The third-order valence-electron chi connectivity index (χ3n) is 3.42. The van der Waals surface area contributed by atoms with Gasteiger partial charge in [0.15, 0.2) is 0 Å². The van der Waals surface area contributed by atoms with E-state index in [0.717, 1.165) is 24.9 Å². The molecule has 1 unspecified atom stereocenters. The molecule has 0 bridgehead atoms. The first kappa shape index (κ1) is 13.4. The van der Waals surface area contributed by atoms with E-state index in [0.29, 0.717) is 17.1 Å². The molecule has 1 fully saturated rings. The lowest BCUT2D eigenvalue weighted by molar-refractivity contribution is 0.0621. The molecule has 1 amide bonds. The van der Waals surface area contributed by atoms with E-state index in [-0.39, 0.29) is 18.4 Å². The van der Waals surface area contributed by atoms with Gasteiger partial charge in [0.25, 0.3) is 5.91 Å². The van der Waals surface area contributed by atoms with Crippen LogP contribution in [0.15, 0.2) is 18.2 Å². The maximum atomic E-state index is 12.4. The average Bonchev–Trinajstić information content (AvgIpc) is 2.38. The van der Waals surface area contributed by atoms with Gasteiger partial charge in [-0.15, -0.1) is 0 Å². The summed E-state index contributed by atoms with van der Waals surface area (Å²) >= 11 is 6.12. The van der Waals surface area contributed by atoms with E-state index in [2.05, 4.69) is 0 Å². The Labute approximate surface area is 112 Å². The number of likely N-dealkylation sites (tertiary alicyclic amines) is 1. The zero-order chi connectivity index (χ0) is 13.1. The molecule has 1 aromatic rings. The van der Waals surface area contributed by atoms with E-state index in [4.69, 9.17) is 11.6 Å². The fraction of sp³-hybridized carbons (Fsp3) is 0.500. The van der Waals surface area contributed by atoms with Gasteiger partial charge in [0.1, 0.15) is 0 Å². The molecule has 0 spiro atoms. The second-order valence-electron chi connectivity index (χ2n) is 4.93. The lowest BCUT2D eigenvalue weighted by Crippen LogP contribution is -2.41. The summed E-state index contributed by atoms with van der Waals surface area (Å²) < 4.78 is 0. The summed E-state index contributed by atoms with van der Waals surface area (Å²) in [5.41, 5.74) is 1.60. The van der Waals surface area contributed by atoms with Crippen molar-refractivity contribution < 1.29 is 9.90 Å². The Morgan fingerprint density at radius 1 is 1.56 bits per heavy atom. The van der Waals surface area contributed by atoms with E-state index >= 15 is 0 Å². The maximum Gasteiger partial charge on any atom is 0.255 e. The van der Waals surface area contributed by atoms with Crippen LogP contribution in [0.5, 0.6) is 0 Å². The summed E-state index contributed by atoms with van der Waals surface area (Å²) in [5.74, 6) is 0.171. The number of hydrogen-bond acceptors (Lipinski definition) is 2. The number of aliphatic hydroxyl groups excluding tert-OH is 1. The molecule has 0 aliphatic carbocycles. The summed E-state index contributed by atoms with van der Waals surface area (Å²) in [5, 5.41) is 9.69. The maximum absolute atomic E-state index is 12.4. The van der Waals surface area contributed by atoms with Crippen molar-refractivity contribution in [3.63, 3.8) is 0 Å². The first-order valence-electron chi connectivity index (χ1n) is 6.28. The Morgan fingerprint density at radius 3 is 3.00 bits per heavy atom. The van der Waals surface area contributed by atoms with Crippen molar-refractivity contribution in [3.05, 3.63) is 34.3 Å². The topological polar surface area (TPSA) is 40.5 Å². The van der Waals surface area contributed by atoms with Gasteiger partial charge in [0.05, 0.1) is 10.6 Å². The van der Waals surface area contributed by atoms with E-state index in [9.17, 15) is 9.90 Å². The zero-order valence-electron chi connectivity index (χ0n) is 10.5. The minimum absolute atomic E-state index is 0.0295. The Morgan fingerprint density at radius 2 is 2.33 bits per heavy atom. The van der Waals surface area contributed by atoms with Gasteiger partial charge in [0.2, 0.25) is 0 Å². The summed E-state index contributed by atoms with van der Waals surface area (Å²) in [6, 6.07) is 5.48. The molecule has 1 aliphatic rings. The van der Waals surface area contributed by atoms with Gasteiger partial charge in [-0.2, -0.15) is 0 Å². The number of piperidine rings is 1.